The van der Waals surface area contributed by atoms with E-state index in [2.05, 4.69) is 91.5 Å². The van der Waals surface area contributed by atoms with E-state index in [9.17, 15) is 5.11 Å². The summed E-state index contributed by atoms with van der Waals surface area (Å²) in [5.74, 6) is 0.273. The average molecular weight is 420 g/mol. The Hall–Kier alpha value is -3.78. The third-order valence-corrected chi connectivity index (χ3v) is 5.72. The van der Waals surface area contributed by atoms with E-state index in [0.717, 1.165) is 23.1 Å². The van der Waals surface area contributed by atoms with Gasteiger partial charge < -0.3 is 9.67 Å². The van der Waals surface area contributed by atoms with E-state index in [-0.39, 0.29) is 5.76 Å². The van der Waals surface area contributed by atoms with Gasteiger partial charge >= 0.3 is 0 Å². The lowest BCUT2D eigenvalue weighted by atomic mass is 10.0. The molecule has 0 unspecified atom stereocenters. The molecule has 0 aliphatic carbocycles. The minimum atomic E-state index is 0.273. The van der Waals surface area contributed by atoms with Crippen molar-refractivity contribution in [1.29, 1.82) is 0 Å². The van der Waals surface area contributed by atoms with Crippen LogP contribution in [0.25, 0.3) is 28.3 Å². The highest BCUT2D eigenvalue weighted by molar-refractivity contribution is 5.89. The molecule has 0 saturated carbocycles. The van der Waals surface area contributed by atoms with Crippen molar-refractivity contribution in [3.63, 3.8) is 0 Å². The second kappa shape index (κ2) is 9.57. The Morgan fingerprint density at radius 3 is 2.16 bits per heavy atom. The van der Waals surface area contributed by atoms with Crippen LogP contribution >= 0.6 is 0 Å². The van der Waals surface area contributed by atoms with Crippen molar-refractivity contribution in [2.75, 3.05) is 0 Å². The number of aryl methyl sites for hydroxylation is 3. The largest absolute Gasteiger partial charge is 0.507 e. The first-order valence-corrected chi connectivity index (χ1v) is 11.0. The molecule has 0 bridgehead atoms. The number of allylic oxidation sites excluding steroid dienone is 4. The topological polar surface area (TPSA) is 25.2 Å². The zero-order valence-corrected chi connectivity index (χ0v) is 18.9. The van der Waals surface area contributed by atoms with E-state index in [4.69, 9.17) is 0 Å². The molecule has 0 amide bonds. The van der Waals surface area contributed by atoms with Crippen LogP contribution in [0.15, 0.2) is 97.2 Å². The fourth-order valence-electron chi connectivity index (χ4n) is 3.86. The van der Waals surface area contributed by atoms with Crippen molar-refractivity contribution in [1.82, 2.24) is 4.57 Å². The van der Waals surface area contributed by atoms with Gasteiger partial charge in [-0.2, -0.15) is 0 Å². The second-order valence-electron chi connectivity index (χ2n) is 8.27. The van der Waals surface area contributed by atoms with Crippen LogP contribution in [-0.4, -0.2) is 9.67 Å². The maximum Gasteiger partial charge on any atom is 0.123 e. The summed E-state index contributed by atoms with van der Waals surface area (Å²) in [4.78, 5) is 0. The average Bonchev–Trinajstić information content (AvgIpc) is 3.12. The Kier molecular flexibility index (Phi) is 6.42. The Balaban J connectivity index is 1.62. The molecule has 32 heavy (non-hydrogen) atoms. The van der Waals surface area contributed by atoms with Crippen molar-refractivity contribution in [2.45, 2.75) is 20.3 Å². The Morgan fingerprint density at radius 1 is 0.844 bits per heavy atom. The van der Waals surface area contributed by atoms with Gasteiger partial charge in [-0.05, 0) is 49.1 Å². The standard InChI is InChI=1S/C30H29NO/c1-22-12-16-24(17-13-22)26(20-30(32)25-18-14-23(2)15-19-25)8-4-5-9-27-21-31(3)29-11-7-6-10-28(27)29/h5-21,32H,4H2,1-3H3/b9-5+,26-8+,30-20-. The molecular weight excluding hydrogens is 390 g/mol. The molecule has 2 nitrogen and oxygen atoms in total. The third-order valence-electron chi connectivity index (χ3n) is 5.72. The van der Waals surface area contributed by atoms with Gasteiger partial charge in [0.2, 0.25) is 0 Å². The van der Waals surface area contributed by atoms with Gasteiger partial charge in [0.15, 0.2) is 0 Å². The number of hydrogen-bond donors (Lipinski definition) is 1. The molecule has 1 heterocycles. The summed E-state index contributed by atoms with van der Waals surface area (Å²) in [6, 6.07) is 24.8. The molecule has 0 spiro atoms. The maximum atomic E-state index is 10.8. The molecule has 0 saturated heterocycles. The molecule has 4 rings (SSSR count). The number of benzene rings is 3. The number of rotatable bonds is 6. The van der Waals surface area contributed by atoms with Gasteiger partial charge in [-0.1, -0.05) is 96.1 Å². The van der Waals surface area contributed by atoms with Gasteiger partial charge in [-0.25, -0.2) is 0 Å². The van der Waals surface area contributed by atoms with Crippen LogP contribution in [-0.2, 0) is 7.05 Å². The SMILES string of the molecule is Cc1ccc(/C(O)=C/C(=C\C/C=C/c2cn(C)c3ccccc23)c2ccc(C)cc2)cc1. The monoisotopic (exact) mass is 419 g/mol. The van der Waals surface area contributed by atoms with E-state index in [1.165, 1.54) is 27.6 Å². The van der Waals surface area contributed by atoms with Crippen LogP contribution in [0.1, 0.15) is 34.2 Å². The maximum absolute atomic E-state index is 10.8. The van der Waals surface area contributed by atoms with Crippen molar-refractivity contribution in [3.05, 3.63) is 125 Å². The predicted molar refractivity (Wildman–Crippen MR) is 138 cm³/mol. The summed E-state index contributed by atoms with van der Waals surface area (Å²) < 4.78 is 2.16. The highest BCUT2D eigenvalue weighted by Crippen LogP contribution is 2.24. The lowest BCUT2D eigenvalue weighted by Gasteiger charge is -2.07. The summed E-state index contributed by atoms with van der Waals surface area (Å²) >= 11 is 0. The molecule has 0 radical (unpaired) electrons. The summed E-state index contributed by atoms with van der Waals surface area (Å²) in [6.45, 7) is 4.13. The van der Waals surface area contributed by atoms with Gasteiger partial charge in [0.25, 0.3) is 0 Å². The molecule has 0 atom stereocenters. The second-order valence-corrected chi connectivity index (χ2v) is 8.27. The number of aliphatic hydroxyl groups excluding tert-OH is 1. The van der Waals surface area contributed by atoms with Crippen molar-refractivity contribution in [3.8, 4) is 0 Å². The fraction of sp³-hybridized carbons (Fsp3) is 0.133. The summed E-state index contributed by atoms with van der Waals surface area (Å²) in [5, 5.41) is 12.0. The van der Waals surface area contributed by atoms with Gasteiger partial charge in [0.05, 0.1) is 0 Å². The molecule has 4 aromatic rings. The van der Waals surface area contributed by atoms with Gasteiger partial charge in [0.1, 0.15) is 5.76 Å². The fourth-order valence-corrected chi connectivity index (χ4v) is 3.86. The van der Waals surface area contributed by atoms with Gasteiger partial charge in [-0.15, -0.1) is 0 Å². The quantitative estimate of drug-likeness (QED) is 0.249. The molecule has 160 valence electrons. The van der Waals surface area contributed by atoms with Crippen LogP contribution in [0, 0.1) is 13.8 Å². The van der Waals surface area contributed by atoms with Crippen molar-refractivity contribution in [2.24, 2.45) is 7.05 Å². The number of fused-ring (bicyclic) bond motifs is 1. The first-order valence-electron chi connectivity index (χ1n) is 11.0. The van der Waals surface area contributed by atoms with Gasteiger partial charge in [0, 0.05) is 29.7 Å². The smallest absolute Gasteiger partial charge is 0.123 e. The summed E-state index contributed by atoms with van der Waals surface area (Å²) in [6.07, 6.45) is 11.3. The van der Waals surface area contributed by atoms with E-state index < -0.39 is 0 Å². The number of hydrogen-bond acceptors (Lipinski definition) is 1. The van der Waals surface area contributed by atoms with E-state index >= 15 is 0 Å². The lowest BCUT2D eigenvalue weighted by Crippen LogP contribution is -1.87. The molecule has 0 fully saturated rings. The highest BCUT2D eigenvalue weighted by atomic mass is 16.3. The molecule has 1 N–H and O–H groups in total. The number of nitrogens with zero attached hydrogens (tertiary/aromatic N) is 1. The first-order chi connectivity index (χ1) is 15.5. The summed E-state index contributed by atoms with van der Waals surface area (Å²) in [5.41, 5.74) is 7.75. The highest BCUT2D eigenvalue weighted by Gasteiger charge is 2.05. The minimum absolute atomic E-state index is 0.273. The van der Waals surface area contributed by atoms with Crippen molar-refractivity contribution >= 4 is 28.3 Å². The summed E-state index contributed by atoms with van der Waals surface area (Å²) in [7, 11) is 2.08. The molecule has 3 aromatic carbocycles. The zero-order valence-electron chi connectivity index (χ0n) is 18.9. The Bertz CT molecular complexity index is 1300. The van der Waals surface area contributed by atoms with Gasteiger partial charge in [-0.3, -0.25) is 0 Å². The molecule has 0 aliphatic rings. The molecule has 0 aliphatic heterocycles. The molecule has 1 aromatic heterocycles. The van der Waals surface area contributed by atoms with E-state index in [0.29, 0.717) is 0 Å². The van der Waals surface area contributed by atoms with E-state index in [1.54, 1.807) is 0 Å². The number of para-hydroxylation sites is 1. The molecular formula is C30H29NO. The number of aliphatic hydroxyl groups is 1. The Morgan fingerprint density at radius 2 is 1.47 bits per heavy atom. The third kappa shape index (κ3) is 4.92. The predicted octanol–water partition coefficient (Wildman–Crippen LogP) is 7.88. The normalized spacial score (nSPS) is 12.7. The zero-order chi connectivity index (χ0) is 22.5. The van der Waals surface area contributed by atoms with E-state index in [1.807, 2.05) is 37.3 Å². The Labute approximate surface area is 190 Å². The van der Waals surface area contributed by atoms with Crippen LogP contribution in [0.4, 0.5) is 0 Å². The van der Waals surface area contributed by atoms with Crippen LogP contribution < -0.4 is 0 Å². The van der Waals surface area contributed by atoms with Crippen LogP contribution in [0.5, 0.6) is 0 Å². The van der Waals surface area contributed by atoms with Crippen molar-refractivity contribution < 1.29 is 5.11 Å². The lowest BCUT2D eigenvalue weighted by molar-refractivity contribution is 0.512. The first kappa shape index (κ1) is 21.5. The molecule has 2 heteroatoms. The van der Waals surface area contributed by atoms with Crippen LogP contribution in [0.2, 0.25) is 0 Å². The minimum Gasteiger partial charge on any atom is -0.507 e. The van der Waals surface area contributed by atoms with Crippen LogP contribution in [0.3, 0.4) is 0 Å². The number of aromatic nitrogens is 1.